The van der Waals surface area contributed by atoms with Crippen LogP contribution in [-0.4, -0.2) is 43.0 Å². The maximum atomic E-state index is 12.9. The molecule has 0 aliphatic carbocycles. The van der Waals surface area contributed by atoms with E-state index in [0.717, 1.165) is 24.1 Å². The van der Waals surface area contributed by atoms with E-state index in [0.29, 0.717) is 19.5 Å². The van der Waals surface area contributed by atoms with E-state index >= 15 is 0 Å². The number of methoxy groups -OCH3 is 1. The molecule has 2 atom stereocenters. The van der Waals surface area contributed by atoms with Gasteiger partial charge in [-0.3, -0.25) is 4.79 Å². The zero-order valence-corrected chi connectivity index (χ0v) is 12.2. The number of rotatable bonds is 2. The predicted octanol–water partition coefficient (Wildman–Crippen LogP) is 1.04. The van der Waals surface area contributed by atoms with Crippen LogP contribution < -0.4 is 5.32 Å². The van der Waals surface area contributed by atoms with Crippen LogP contribution in [0.5, 0.6) is 0 Å². The zero-order chi connectivity index (χ0) is 14.8. The Bertz CT molecular complexity index is 558. The van der Waals surface area contributed by atoms with Crippen LogP contribution in [0, 0.1) is 0 Å². The van der Waals surface area contributed by atoms with Crippen LogP contribution in [0.25, 0.3) is 0 Å². The summed E-state index contributed by atoms with van der Waals surface area (Å²) in [5.41, 5.74) is 2.24. The van der Waals surface area contributed by atoms with Crippen molar-refractivity contribution in [2.24, 2.45) is 0 Å². The van der Waals surface area contributed by atoms with E-state index in [9.17, 15) is 9.59 Å². The highest BCUT2D eigenvalue weighted by Crippen LogP contribution is 2.29. The fourth-order valence-electron chi connectivity index (χ4n) is 3.33. The molecule has 1 fully saturated rings. The number of hydrogen-bond acceptors (Lipinski definition) is 4. The van der Waals surface area contributed by atoms with Crippen LogP contribution in [0.4, 0.5) is 0 Å². The minimum atomic E-state index is -0.420. The van der Waals surface area contributed by atoms with Crippen LogP contribution in [0.15, 0.2) is 24.3 Å². The minimum absolute atomic E-state index is 0.0301. The van der Waals surface area contributed by atoms with Gasteiger partial charge in [-0.15, -0.1) is 0 Å². The minimum Gasteiger partial charge on any atom is -0.467 e. The average molecular weight is 288 g/mol. The SMILES string of the molecule is COC(=O)C1CCCN1C(=O)C1CNCc2ccccc21. The van der Waals surface area contributed by atoms with Crippen LogP contribution in [0.1, 0.15) is 29.9 Å². The van der Waals surface area contributed by atoms with Gasteiger partial charge >= 0.3 is 5.97 Å². The molecule has 5 nitrogen and oxygen atoms in total. The predicted molar refractivity (Wildman–Crippen MR) is 77.6 cm³/mol. The van der Waals surface area contributed by atoms with Gasteiger partial charge in [0.1, 0.15) is 6.04 Å². The van der Waals surface area contributed by atoms with Gasteiger partial charge in [0.25, 0.3) is 0 Å². The van der Waals surface area contributed by atoms with Crippen LogP contribution in [0.2, 0.25) is 0 Å². The molecule has 0 bridgehead atoms. The molecule has 112 valence electrons. The third-order valence-corrected chi connectivity index (χ3v) is 4.40. The molecule has 21 heavy (non-hydrogen) atoms. The van der Waals surface area contributed by atoms with Crippen molar-refractivity contribution < 1.29 is 14.3 Å². The second-order valence-electron chi connectivity index (χ2n) is 5.60. The second kappa shape index (κ2) is 5.85. The number of carbonyl (C=O) groups is 2. The van der Waals surface area contributed by atoms with Gasteiger partial charge in [0.2, 0.25) is 5.91 Å². The van der Waals surface area contributed by atoms with Gasteiger partial charge < -0.3 is 15.0 Å². The Labute approximate surface area is 124 Å². The molecule has 1 N–H and O–H groups in total. The standard InChI is InChI=1S/C16H20N2O3/c1-21-16(20)14-7-4-8-18(14)15(19)13-10-17-9-11-5-2-3-6-12(11)13/h2-3,5-6,13-14,17H,4,7-10H2,1H3. The summed E-state index contributed by atoms with van der Waals surface area (Å²) in [6.07, 6.45) is 1.55. The van der Waals surface area contributed by atoms with Crippen molar-refractivity contribution in [3.05, 3.63) is 35.4 Å². The molecule has 3 rings (SSSR count). The monoisotopic (exact) mass is 288 g/mol. The smallest absolute Gasteiger partial charge is 0.328 e. The summed E-state index contributed by atoms with van der Waals surface area (Å²) in [7, 11) is 1.38. The van der Waals surface area contributed by atoms with Crippen LogP contribution >= 0.6 is 0 Å². The Morgan fingerprint density at radius 3 is 2.95 bits per heavy atom. The van der Waals surface area contributed by atoms with E-state index in [1.807, 2.05) is 24.3 Å². The van der Waals surface area contributed by atoms with Crippen molar-refractivity contribution in [1.29, 1.82) is 0 Å². The van der Waals surface area contributed by atoms with Crippen molar-refractivity contribution in [2.75, 3.05) is 20.2 Å². The summed E-state index contributed by atoms with van der Waals surface area (Å²) in [5, 5.41) is 3.29. The third kappa shape index (κ3) is 2.53. The molecule has 0 spiro atoms. The average Bonchev–Trinajstić information content (AvgIpc) is 3.02. The number of ether oxygens (including phenoxy) is 1. The fourth-order valence-corrected chi connectivity index (χ4v) is 3.33. The molecule has 1 saturated heterocycles. The Kier molecular flexibility index (Phi) is 3.92. The lowest BCUT2D eigenvalue weighted by Crippen LogP contribution is -2.46. The van der Waals surface area contributed by atoms with E-state index in [1.54, 1.807) is 4.90 Å². The number of esters is 1. The van der Waals surface area contributed by atoms with Crippen molar-refractivity contribution >= 4 is 11.9 Å². The molecule has 0 saturated carbocycles. The fraction of sp³-hybridized carbons (Fsp3) is 0.500. The number of benzene rings is 1. The van der Waals surface area contributed by atoms with Gasteiger partial charge in [-0.25, -0.2) is 4.79 Å². The molecule has 0 aromatic heterocycles. The van der Waals surface area contributed by atoms with Crippen molar-refractivity contribution in [3.8, 4) is 0 Å². The molecule has 1 aromatic rings. The lowest BCUT2D eigenvalue weighted by Gasteiger charge is -2.31. The Morgan fingerprint density at radius 2 is 2.14 bits per heavy atom. The summed E-state index contributed by atoms with van der Waals surface area (Å²) in [6.45, 7) is 2.05. The Balaban J connectivity index is 1.84. The van der Waals surface area contributed by atoms with E-state index < -0.39 is 6.04 Å². The molecule has 1 aromatic carbocycles. The highest BCUT2D eigenvalue weighted by atomic mass is 16.5. The normalized spacial score (nSPS) is 24.5. The largest absolute Gasteiger partial charge is 0.467 e. The Hall–Kier alpha value is -1.88. The van der Waals surface area contributed by atoms with Gasteiger partial charge in [0.15, 0.2) is 0 Å². The van der Waals surface area contributed by atoms with Crippen LogP contribution in [0.3, 0.4) is 0 Å². The number of nitrogens with one attached hydrogen (secondary N) is 1. The molecule has 0 radical (unpaired) electrons. The summed E-state index contributed by atoms with van der Waals surface area (Å²) >= 11 is 0. The summed E-state index contributed by atoms with van der Waals surface area (Å²) in [6, 6.07) is 7.59. The van der Waals surface area contributed by atoms with Gasteiger partial charge in [0.05, 0.1) is 13.0 Å². The quantitative estimate of drug-likeness (QED) is 0.826. The molecule has 5 heteroatoms. The maximum absolute atomic E-state index is 12.9. The van der Waals surface area contributed by atoms with Crippen LogP contribution in [-0.2, 0) is 20.9 Å². The third-order valence-electron chi connectivity index (χ3n) is 4.40. The first-order valence-corrected chi connectivity index (χ1v) is 7.39. The summed E-state index contributed by atoms with van der Waals surface area (Å²) in [5.74, 6) is -0.486. The lowest BCUT2D eigenvalue weighted by atomic mass is 9.89. The number of fused-ring (bicyclic) bond motifs is 1. The topological polar surface area (TPSA) is 58.6 Å². The first-order valence-electron chi connectivity index (χ1n) is 7.39. The number of carbonyl (C=O) groups excluding carboxylic acids is 2. The van der Waals surface area contributed by atoms with Gasteiger partial charge in [-0.2, -0.15) is 0 Å². The second-order valence-corrected chi connectivity index (χ2v) is 5.60. The molecule has 1 amide bonds. The summed E-state index contributed by atoms with van der Waals surface area (Å²) in [4.78, 5) is 26.4. The van der Waals surface area contributed by atoms with Gasteiger partial charge in [0, 0.05) is 19.6 Å². The van der Waals surface area contributed by atoms with E-state index in [4.69, 9.17) is 4.74 Å². The van der Waals surface area contributed by atoms with Crippen molar-refractivity contribution in [1.82, 2.24) is 10.2 Å². The molecule has 2 unspecified atom stereocenters. The Morgan fingerprint density at radius 1 is 1.33 bits per heavy atom. The maximum Gasteiger partial charge on any atom is 0.328 e. The molecule has 2 aliphatic heterocycles. The number of amides is 1. The van der Waals surface area contributed by atoms with Crippen molar-refractivity contribution in [3.63, 3.8) is 0 Å². The summed E-state index contributed by atoms with van der Waals surface area (Å²) < 4.78 is 4.82. The molecular weight excluding hydrogens is 268 g/mol. The first-order chi connectivity index (χ1) is 10.2. The highest BCUT2D eigenvalue weighted by Gasteiger charge is 2.39. The number of likely N-dealkylation sites (tertiary alicyclic amines) is 1. The highest BCUT2D eigenvalue weighted by molar-refractivity contribution is 5.89. The lowest BCUT2D eigenvalue weighted by molar-refractivity contribution is -0.151. The van der Waals surface area contributed by atoms with E-state index in [2.05, 4.69) is 5.32 Å². The van der Waals surface area contributed by atoms with Gasteiger partial charge in [-0.1, -0.05) is 24.3 Å². The first kappa shape index (κ1) is 14.1. The number of nitrogens with zero attached hydrogens (tertiary/aromatic N) is 1. The van der Waals surface area contributed by atoms with Crippen molar-refractivity contribution in [2.45, 2.75) is 31.3 Å². The molecule has 2 aliphatic rings. The molecule has 2 heterocycles. The zero-order valence-electron chi connectivity index (χ0n) is 12.2. The van der Waals surface area contributed by atoms with E-state index in [1.165, 1.54) is 7.11 Å². The number of hydrogen-bond donors (Lipinski definition) is 1. The molecular formula is C16H20N2O3. The van der Waals surface area contributed by atoms with E-state index in [-0.39, 0.29) is 17.8 Å². The van der Waals surface area contributed by atoms with Gasteiger partial charge in [-0.05, 0) is 24.0 Å².